The molecule has 36 heavy (non-hydrogen) atoms. The molecule has 3 aromatic rings. The van der Waals surface area contributed by atoms with Gasteiger partial charge >= 0.3 is 0 Å². The summed E-state index contributed by atoms with van der Waals surface area (Å²) in [5, 5.41) is 7.77. The molecule has 2 aromatic heterocycles. The smallest absolute Gasteiger partial charge is 0.282 e. The number of likely N-dealkylation sites (tertiary alicyclic amines) is 1. The minimum atomic E-state index is -3.36. The minimum Gasteiger partial charge on any atom is -0.378 e. The summed E-state index contributed by atoms with van der Waals surface area (Å²) >= 11 is 1.32. The lowest BCUT2D eigenvalue weighted by molar-refractivity contribution is -0.0149. The van der Waals surface area contributed by atoms with Crippen LogP contribution in [0.25, 0.3) is 10.9 Å². The number of rotatable bonds is 7. The summed E-state index contributed by atoms with van der Waals surface area (Å²) in [6.07, 6.45) is 9.48. The SMILES string of the molecule is Cn1ncc2cc(C3CCC(OC[C@@H]4CN(C(=O)c5nccs5)CC[C@@H]4NS(C)(=O)=O)CC3)ccc21. The molecule has 1 saturated carbocycles. The van der Waals surface area contributed by atoms with Crippen molar-refractivity contribution in [3.05, 3.63) is 46.5 Å². The topological polar surface area (TPSA) is 106 Å². The minimum absolute atomic E-state index is 0.0982. The molecule has 1 aliphatic carbocycles. The predicted octanol–water partition coefficient (Wildman–Crippen LogP) is 3.15. The number of nitrogens with zero attached hydrogens (tertiary/aromatic N) is 4. The average molecular weight is 532 g/mol. The number of nitrogens with one attached hydrogen (secondary N) is 1. The second kappa shape index (κ2) is 10.6. The van der Waals surface area contributed by atoms with Crippen molar-refractivity contribution >= 4 is 38.2 Å². The molecule has 11 heteroatoms. The van der Waals surface area contributed by atoms with Gasteiger partial charge in [-0.2, -0.15) is 5.10 Å². The van der Waals surface area contributed by atoms with Crippen LogP contribution in [-0.4, -0.2) is 72.1 Å². The normalized spacial score (nSPS) is 25.3. The van der Waals surface area contributed by atoms with Crippen molar-refractivity contribution < 1.29 is 17.9 Å². The van der Waals surface area contributed by atoms with Gasteiger partial charge in [0.15, 0.2) is 5.01 Å². The molecule has 1 amide bonds. The van der Waals surface area contributed by atoms with Crippen LogP contribution in [0.4, 0.5) is 0 Å². The molecule has 2 aliphatic rings. The Morgan fingerprint density at radius 2 is 2.03 bits per heavy atom. The largest absolute Gasteiger partial charge is 0.378 e. The summed E-state index contributed by atoms with van der Waals surface area (Å²) < 4.78 is 34.9. The fourth-order valence-electron chi connectivity index (χ4n) is 5.54. The molecule has 3 heterocycles. The first-order valence-electron chi connectivity index (χ1n) is 12.5. The molecular weight excluding hydrogens is 498 g/mol. The van der Waals surface area contributed by atoms with Crippen molar-refractivity contribution in [1.82, 2.24) is 24.4 Å². The number of fused-ring (bicyclic) bond motifs is 1. The third-order valence-corrected chi connectivity index (χ3v) is 8.96. The second-order valence-electron chi connectivity index (χ2n) is 10.0. The number of aromatic nitrogens is 3. The number of amides is 1. The maximum atomic E-state index is 12.8. The molecule has 1 aromatic carbocycles. The molecule has 2 atom stereocenters. The zero-order valence-electron chi connectivity index (χ0n) is 20.7. The summed E-state index contributed by atoms with van der Waals surface area (Å²) in [7, 11) is -1.40. The number of aryl methyl sites for hydroxylation is 1. The van der Waals surface area contributed by atoms with Gasteiger partial charge in [0, 0.05) is 49.1 Å². The number of hydrogen-bond donors (Lipinski definition) is 1. The van der Waals surface area contributed by atoms with Gasteiger partial charge in [0.05, 0.1) is 30.7 Å². The van der Waals surface area contributed by atoms with Crippen molar-refractivity contribution in [2.24, 2.45) is 13.0 Å². The lowest BCUT2D eigenvalue weighted by Crippen LogP contribution is -2.53. The standard InChI is InChI=1S/C25H33N5O4S2/c1-29-23-8-5-18(13-19(23)14-27-29)17-3-6-21(7-4-17)34-16-20-15-30(25(31)24-26-10-12-35-24)11-9-22(20)28-36(2,32)33/h5,8,10,12-14,17,20-22,28H,3-4,6-7,9,11,15-16H2,1-2H3/t17?,20-,21?,22-/m0/s1. The van der Waals surface area contributed by atoms with Crippen LogP contribution in [0.15, 0.2) is 36.0 Å². The van der Waals surface area contributed by atoms with Crippen LogP contribution in [-0.2, 0) is 21.8 Å². The van der Waals surface area contributed by atoms with Crippen LogP contribution in [0.2, 0.25) is 0 Å². The van der Waals surface area contributed by atoms with Crippen molar-refractivity contribution in [3.63, 3.8) is 0 Å². The molecule has 1 N–H and O–H groups in total. The number of carbonyl (C=O) groups excluding carboxylic acids is 1. The molecule has 0 unspecified atom stereocenters. The van der Waals surface area contributed by atoms with Gasteiger partial charge in [-0.05, 0) is 55.7 Å². The summed E-state index contributed by atoms with van der Waals surface area (Å²) in [5.74, 6) is 0.303. The molecule has 1 aliphatic heterocycles. The van der Waals surface area contributed by atoms with Gasteiger partial charge in [-0.25, -0.2) is 18.1 Å². The number of thiazole rings is 1. The van der Waals surface area contributed by atoms with Crippen LogP contribution in [0.3, 0.4) is 0 Å². The molecule has 1 saturated heterocycles. The number of piperidine rings is 1. The van der Waals surface area contributed by atoms with Crippen molar-refractivity contribution in [3.8, 4) is 0 Å². The van der Waals surface area contributed by atoms with Gasteiger partial charge < -0.3 is 9.64 Å². The summed E-state index contributed by atoms with van der Waals surface area (Å²) in [6, 6.07) is 6.37. The maximum absolute atomic E-state index is 12.8. The van der Waals surface area contributed by atoms with Gasteiger partial charge in [0.2, 0.25) is 10.0 Å². The Balaban J connectivity index is 1.18. The Labute approximate surface area is 215 Å². The average Bonchev–Trinajstić information content (AvgIpc) is 3.53. The van der Waals surface area contributed by atoms with E-state index in [0.29, 0.717) is 37.0 Å². The second-order valence-corrected chi connectivity index (χ2v) is 12.7. The third kappa shape index (κ3) is 5.80. The van der Waals surface area contributed by atoms with E-state index in [1.807, 2.05) is 17.9 Å². The molecule has 0 spiro atoms. The van der Waals surface area contributed by atoms with E-state index in [-0.39, 0.29) is 24.0 Å². The quantitative estimate of drug-likeness (QED) is 0.502. The number of benzene rings is 1. The van der Waals surface area contributed by atoms with Crippen molar-refractivity contribution in [2.75, 3.05) is 26.0 Å². The molecule has 9 nitrogen and oxygen atoms in total. The highest BCUT2D eigenvalue weighted by Gasteiger charge is 2.35. The lowest BCUT2D eigenvalue weighted by Gasteiger charge is -2.39. The predicted molar refractivity (Wildman–Crippen MR) is 140 cm³/mol. The van der Waals surface area contributed by atoms with E-state index in [1.54, 1.807) is 16.5 Å². The highest BCUT2D eigenvalue weighted by atomic mass is 32.2. The number of sulfonamides is 1. The van der Waals surface area contributed by atoms with Gasteiger partial charge in [-0.15, -0.1) is 11.3 Å². The first kappa shape index (κ1) is 25.3. The Hall–Kier alpha value is -2.34. The third-order valence-electron chi connectivity index (χ3n) is 7.46. The van der Waals surface area contributed by atoms with Crippen molar-refractivity contribution in [1.29, 1.82) is 0 Å². The molecule has 0 radical (unpaired) electrons. The van der Waals surface area contributed by atoms with E-state index in [2.05, 4.69) is 33.0 Å². The van der Waals surface area contributed by atoms with E-state index in [9.17, 15) is 13.2 Å². The van der Waals surface area contributed by atoms with Crippen molar-refractivity contribution in [2.45, 2.75) is 50.2 Å². The summed E-state index contributed by atoms with van der Waals surface area (Å²) in [4.78, 5) is 18.8. The Morgan fingerprint density at radius 3 is 2.75 bits per heavy atom. The fourth-order valence-corrected chi connectivity index (χ4v) is 7.00. The highest BCUT2D eigenvalue weighted by molar-refractivity contribution is 7.88. The maximum Gasteiger partial charge on any atom is 0.282 e. The molecule has 0 bridgehead atoms. The van der Waals surface area contributed by atoms with E-state index in [1.165, 1.54) is 28.5 Å². The van der Waals surface area contributed by atoms with Gasteiger partial charge in [-0.3, -0.25) is 9.48 Å². The Kier molecular flexibility index (Phi) is 7.43. The Morgan fingerprint density at radius 1 is 1.22 bits per heavy atom. The van der Waals surface area contributed by atoms with Crippen LogP contribution < -0.4 is 4.72 Å². The van der Waals surface area contributed by atoms with Gasteiger partial charge in [-0.1, -0.05) is 6.07 Å². The van der Waals surface area contributed by atoms with Crippen LogP contribution in [0.5, 0.6) is 0 Å². The van der Waals surface area contributed by atoms with Gasteiger partial charge in [0.25, 0.3) is 5.91 Å². The first-order valence-corrected chi connectivity index (χ1v) is 15.2. The fraction of sp³-hybridized carbons (Fsp3) is 0.560. The number of carbonyl (C=O) groups is 1. The van der Waals surface area contributed by atoms with E-state index in [4.69, 9.17) is 4.74 Å². The summed E-state index contributed by atoms with van der Waals surface area (Å²) in [5.41, 5.74) is 2.50. The molecule has 194 valence electrons. The Bertz CT molecular complexity index is 1300. The summed E-state index contributed by atoms with van der Waals surface area (Å²) in [6.45, 7) is 1.37. The van der Waals surface area contributed by atoms with Crippen LogP contribution in [0, 0.1) is 5.92 Å². The van der Waals surface area contributed by atoms with Gasteiger partial charge in [0.1, 0.15) is 0 Å². The molecular formula is C25H33N5O4S2. The van der Waals surface area contributed by atoms with E-state index >= 15 is 0 Å². The number of ether oxygens (including phenoxy) is 1. The number of hydrogen-bond acceptors (Lipinski definition) is 7. The zero-order chi connectivity index (χ0) is 25.3. The first-order chi connectivity index (χ1) is 17.3. The van der Waals surface area contributed by atoms with Crippen LogP contribution in [0.1, 0.15) is 53.4 Å². The van der Waals surface area contributed by atoms with E-state index < -0.39 is 10.0 Å². The lowest BCUT2D eigenvalue weighted by atomic mass is 9.82. The van der Waals surface area contributed by atoms with Crippen LogP contribution >= 0.6 is 11.3 Å². The zero-order valence-corrected chi connectivity index (χ0v) is 22.3. The monoisotopic (exact) mass is 531 g/mol. The molecule has 2 fully saturated rings. The van der Waals surface area contributed by atoms with E-state index in [0.717, 1.165) is 31.2 Å². The molecule has 5 rings (SSSR count). The highest BCUT2D eigenvalue weighted by Crippen LogP contribution is 2.35.